The molecule has 1 aliphatic heterocycles. The van der Waals surface area contributed by atoms with E-state index in [1.165, 1.54) is 32.5 Å². The van der Waals surface area contributed by atoms with Crippen LogP contribution in [0.2, 0.25) is 0 Å². The zero-order valence-electron chi connectivity index (χ0n) is 12.1. The number of likely N-dealkylation sites (tertiary alicyclic amines) is 1. The Hall–Kier alpha value is -0.120. The molecule has 0 amide bonds. The molecule has 3 nitrogen and oxygen atoms in total. The second-order valence-electron chi connectivity index (χ2n) is 6.62. The van der Waals surface area contributed by atoms with E-state index < -0.39 is 0 Å². The van der Waals surface area contributed by atoms with E-state index in [4.69, 9.17) is 0 Å². The fraction of sp³-hybridized carbons (Fsp3) is 1.00. The van der Waals surface area contributed by atoms with Crippen LogP contribution in [0.15, 0.2) is 0 Å². The van der Waals surface area contributed by atoms with Crippen molar-refractivity contribution in [2.75, 3.05) is 33.3 Å². The van der Waals surface area contributed by atoms with E-state index in [2.05, 4.69) is 31.0 Å². The first-order valence-corrected chi connectivity index (χ1v) is 6.93. The molecule has 17 heavy (non-hydrogen) atoms. The van der Waals surface area contributed by atoms with Crippen LogP contribution in [0.25, 0.3) is 0 Å². The molecule has 1 rings (SSSR count). The van der Waals surface area contributed by atoms with Crippen molar-refractivity contribution in [3.05, 3.63) is 0 Å². The average molecular weight is 242 g/mol. The molecule has 1 aliphatic rings. The van der Waals surface area contributed by atoms with Crippen molar-refractivity contribution in [3.63, 3.8) is 0 Å². The predicted molar refractivity (Wildman–Crippen MR) is 73.2 cm³/mol. The smallest absolute Gasteiger partial charge is 0.0610 e. The summed E-state index contributed by atoms with van der Waals surface area (Å²) >= 11 is 0. The highest BCUT2D eigenvalue weighted by molar-refractivity contribution is 4.83. The van der Waals surface area contributed by atoms with Gasteiger partial charge in [-0.3, -0.25) is 0 Å². The quantitative estimate of drug-likeness (QED) is 0.746. The molecule has 0 saturated carbocycles. The fourth-order valence-electron chi connectivity index (χ4n) is 2.71. The minimum absolute atomic E-state index is 0.106. The lowest BCUT2D eigenvalue weighted by atomic mass is 9.84. The van der Waals surface area contributed by atoms with Gasteiger partial charge in [-0.15, -0.1) is 0 Å². The molecule has 0 aliphatic carbocycles. The van der Waals surface area contributed by atoms with Gasteiger partial charge < -0.3 is 15.3 Å². The number of rotatable bonds is 6. The topological polar surface area (TPSA) is 35.5 Å². The molecule has 1 atom stereocenters. The van der Waals surface area contributed by atoms with Crippen LogP contribution in [0.5, 0.6) is 0 Å². The monoisotopic (exact) mass is 242 g/mol. The van der Waals surface area contributed by atoms with Crippen LogP contribution < -0.4 is 5.32 Å². The van der Waals surface area contributed by atoms with E-state index in [-0.39, 0.29) is 12.1 Å². The second kappa shape index (κ2) is 6.17. The third-order valence-electron chi connectivity index (χ3n) is 4.13. The van der Waals surface area contributed by atoms with Crippen molar-refractivity contribution in [2.24, 2.45) is 5.41 Å². The van der Waals surface area contributed by atoms with Gasteiger partial charge in [0.2, 0.25) is 0 Å². The average Bonchev–Trinajstić information content (AvgIpc) is 2.27. The zero-order valence-corrected chi connectivity index (χ0v) is 12.1. The second-order valence-corrected chi connectivity index (χ2v) is 6.62. The molecule has 102 valence electrons. The summed E-state index contributed by atoms with van der Waals surface area (Å²) in [5, 5.41) is 12.5. The Kier molecular flexibility index (Phi) is 5.42. The Morgan fingerprint density at radius 3 is 2.65 bits per heavy atom. The number of likely N-dealkylation sites (N-methyl/N-ethyl adjacent to an activating group) is 1. The third-order valence-corrected chi connectivity index (χ3v) is 4.13. The first-order chi connectivity index (χ1) is 7.91. The van der Waals surface area contributed by atoms with Crippen LogP contribution in [0, 0.1) is 5.41 Å². The van der Waals surface area contributed by atoms with Gasteiger partial charge in [0.25, 0.3) is 0 Å². The number of aliphatic hydroxyl groups is 1. The summed E-state index contributed by atoms with van der Waals surface area (Å²) in [7, 11) is 1.93. The number of nitrogens with one attached hydrogen (secondary N) is 1. The Morgan fingerprint density at radius 2 is 2.12 bits per heavy atom. The summed E-state index contributed by atoms with van der Waals surface area (Å²) in [6.07, 6.45) is 4.88. The molecule has 0 spiro atoms. The Bertz CT molecular complexity index is 224. The van der Waals surface area contributed by atoms with Gasteiger partial charge in [-0.2, -0.15) is 0 Å². The summed E-state index contributed by atoms with van der Waals surface area (Å²) in [6, 6.07) is 0. The summed E-state index contributed by atoms with van der Waals surface area (Å²) in [6.45, 7) is 10.7. The van der Waals surface area contributed by atoms with Crippen LogP contribution in [0.4, 0.5) is 0 Å². The molecular weight excluding hydrogens is 212 g/mol. The van der Waals surface area contributed by atoms with Crippen LogP contribution >= 0.6 is 0 Å². The molecule has 1 fully saturated rings. The molecule has 0 radical (unpaired) electrons. The van der Waals surface area contributed by atoms with Gasteiger partial charge in [0.15, 0.2) is 0 Å². The fourth-order valence-corrected chi connectivity index (χ4v) is 2.71. The van der Waals surface area contributed by atoms with Gasteiger partial charge in [0.05, 0.1) is 6.61 Å². The van der Waals surface area contributed by atoms with E-state index >= 15 is 0 Å². The van der Waals surface area contributed by atoms with E-state index in [1.807, 2.05) is 7.05 Å². The van der Waals surface area contributed by atoms with Crippen molar-refractivity contribution in [1.82, 2.24) is 10.2 Å². The number of hydrogen-bond acceptors (Lipinski definition) is 3. The lowest BCUT2D eigenvalue weighted by Crippen LogP contribution is -2.45. The summed E-state index contributed by atoms with van der Waals surface area (Å²) in [5.74, 6) is 0. The standard InChI is InChI=1S/C14H30N2O/c1-13(2)7-5-9-16(11-13)10-6-8-14(3,12-17)15-4/h15,17H,5-12H2,1-4H3. The third kappa shape index (κ3) is 4.94. The highest BCUT2D eigenvalue weighted by Crippen LogP contribution is 2.28. The predicted octanol–water partition coefficient (Wildman–Crippen LogP) is 1.86. The number of hydrogen-bond donors (Lipinski definition) is 2. The lowest BCUT2D eigenvalue weighted by Gasteiger charge is -2.38. The van der Waals surface area contributed by atoms with Gasteiger partial charge in [0, 0.05) is 12.1 Å². The molecule has 0 aromatic rings. The van der Waals surface area contributed by atoms with E-state index in [0.717, 1.165) is 12.8 Å². The molecule has 0 aromatic heterocycles. The van der Waals surface area contributed by atoms with E-state index in [0.29, 0.717) is 5.41 Å². The SMILES string of the molecule is CNC(C)(CO)CCCN1CCCC(C)(C)C1. The highest BCUT2D eigenvalue weighted by Gasteiger charge is 2.26. The van der Waals surface area contributed by atoms with Crippen molar-refractivity contribution < 1.29 is 5.11 Å². The van der Waals surface area contributed by atoms with Gasteiger partial charge in [-0.1, -0.05) is 13.8 Å². The molecule has 3 heteroatoms. The molecule has 2 N–H and O–H groups in total. The van der Waals surface area contributed by atoms with Gasteiger partial charge in [-0.25, -0.2) is 0 Å². The number of nitrogens with zero attached hydrogens (tertiary/aromatic N) is 1. The van der Waals surface area contributed by atoms with Gasteiger partial charge in [-0.05, 0) is 58.2 Å². The van der Waals surface area contributed by atoms with E-state index in [1.54, 1.807) is 0 Å². The summed E-state index contributed by atoms with van der Waals surface area (Å²) in [4.78, 5) is 2.58. The van der Waals surface area contributed by atoms with Crippen LogP contribution in [-0.4, -0.2) is 48.8 Å². The van der Waals surface area contributed by atoms with Crippen LogP contribution in [0.1, 0.15) is 46.5 Å². The molecular formula is C14H30N2O. The molecule has 1 unspecified atom stereocenters. The lowest BCUT2D eigenvalue weighted by molar-refractivity contribution is 0.108. The van der Waals surface area contributed by atoms with Crippen molar-refractivity contribution in [2.45, 2.75) is 52.0 Å². The van der Waals surface area contributed by atoms with Gasteiger partial charge >= 0.3 is 0 Å². The maximum atomic E-state index is 9.33. The normalized spacial score (nSPS) is 24.5. The first kappa shape index (κ1) is 14.9. The Labute approximate surface area is 107 Å². The summed E-state index contributed by atoms with van der Waals surface area (Å²) in [5.41, 5.74) is 0.382. The van der Waals surface area contributed by atoms with E-state index in [9.17, 15) is 5.11 Å². The largest absolute Gasteiger partial charge is 0.394 e. The molecule has 1 heterocycles. The molecule has 1 saturated heterocycles. The van der Waals surface area contributed by atoms with Crippen LogP contribution in [0.3, 0.4) is 0 Å². The minimum atomic E-state index is -0.106. The van der Waals surface area contributed by atoms with Crippen LogP contribution in [-0.2, 0) is 0 Å². The Balaban J connectivity index is 2.27. The maximum absolute atomic E-state index is 9.33. The number of aliphatic hydroxyl groups excluding tert-OH is 1. The first-order valence-electron chi connectivity index (χ1n) is 6.93. The Morgan fingerprint density at radius 1 is 1.41 bits per heavy atom. The van der Waals surface area contributed by atoms with Crippen molar-refractivity contribution >= 4 is 0 Å². The molecule has 0 bridgehead atoms. The van der Waals surface area contributed by atoms with Gasteiger partial charge in [0.1, 0.15) is 0 Å². The maximum Gasteiger partial charge on any atom is 0.0610 e. The summed E-state index contributed by atoms with van der Waals surface area (Å²) < 4.78 is 0. The minimum Gasteiger partial charge on any atom is -0.394 e. The van der Waals surface area contributed by atoms with Crippen molar-refractivity contribution in [3.8, 4) is 0 Å². The number of piperidine rings is 1. The molecule has 0 aromatic carbocycles. The van der Waals surface area contributed by atoms with Crippen molar-refractivity contribution in [1.29, 1.82) is 0 Å². The zero-order chi connectivity index (χ0) is 12.9. The highest BCUT2D eigenvalue weighted by atomic mass is 16.3.